The first-order chi connectivity index (χ1) is 10.7. The van der Waals surface area contributed by atoms with Gasteiger partial charge in [-0.25, -0.2) is 9.67 Å². The van der Waals surface area contributed by atoms with Gasteiger partial charge in [-0.15, -0.1) is 0 Å². The lowest BCUT2D eigenvalue weighted by atomic mass is 10.0. The van der Waals surface area contributed by atoms with Crippen LogP contribution in [0.4, 0.5) is 0 Å². The predicted molar refractivity (Wildman–Crippen MR) is 81.9 cm³/mol. The van der Waals surface area contributed by atoms with E-state index in [2.05, 4.69) is 27.0 Å². The van der Waals surface area contributed by atoms with Crippen molar-refractivity contribution in [2.75, 3.05) is 6.54 Å². The summed E-state index contributed by atoms with van der Waals surface area (Å²) in [6.45, 7) is 4.78. The topological polar surface area (TPSA) is 72.0 Å². The highest BCUT2D eigenvalue weighted by molar-refractivity contribution is 5.08. The fourth-order valence-corrected chi connectivity index (χ4v) is 3.23. The minimum Gasteiger partial charge on any atom is -0.388 e. The Bertz CT molecular complexity index is 607. The number of aromatic nitrogens is 5. The lowest BCUT2D eigenvalue weighted by Crippen LogP contribution is -2.31. The third-order valence-electron chi connectivity index (χ3n) is 4.44. The molecule has 0 bridgehead atoms. The maximum Gasteiger partial charge on any atom is 0.141 e. The van der Waals surface area contributed by atoms with Crippen LogP contribution in [0.15, 0.2) is 18.7 Å². The number of aliphatic hydroxyl groups excluding tert-OH is 1. The standard InChI is InChI=1S/C15H24N6O/c1-3-21-15(16-11-18-21)10-20-6-4-5-13(20)7-14(22)12-8-17-19(2)9-12/h8-9,11,13-14,22H,3-7,10H2,1-2H3. The molecule has 0 saturated carbocycles. The third-order valence-corrected chi connectivity index (χ3v) is 4.44. The number of hydrogen-bond donors (Lipinski definition) is 1. The van der Waals surface area contributed by atoms with Crippen LogP contribution in [-0.2, 0) is 20.1 Å². The number of likely N-dealkylation sites (tertiary alicyclic amines) is 1. The molecule has 2 unspecified atom stereocenters. The van der Waals surface area contributed by atoms with Gasteiger partial charge in [0.05, 0.1) is 18.8 Å². The Kier molecular flexibility index (Phi) is 4.54. The summed E-state index contributed by atoms with van der Waals surface area (Å²) in [7, 11) is 1.87. The molecule has 2 aromatic rings. The second kappa shape index (κ2) is 6.58. The molecule has 22 heavy (non-hydrogen) atoms. The van der Waals surface area contributed by atoms with Gasteiger partial charge in [0.25, 0.3) is 0 Å². The number of aryl methyl sites for hydroxylation is 2. The largest absolute Gasteiger partial charge is 0.388 e. The maximum atomic E-state index is 10.4. The molecule has 3 rings (SSSR count). The van der Waals surface area contributed by atoms with E-state index in [1.807, 2.05) is 17.9 Å². The van der Waals surface area contributed by atoms with E-state index in [1.54, 1.807) is 17.2 Å². The lowest BCUT2D eigenvalue weighted by Gasteiger charge is -2.25. The van der Waals surface area contributed by atoms with Crippen molar-refractivity contribution in [3.05, 3.63) is 30.1 Å². The van der Waals surface area contributed by atoms with Crippen molar-refractivity contribution in [2.24, 2.45) is 7.05 Å². The summed E-state index contributed by atoms with van der Waals surface area (Å²) >= 11 is 0. The molecule has 3 heterocycles. The van der Waals surface area contributed by atoms with E-state index in [0.717, 1.165) is 43.9 Å². The molecule has 0 radical (unpaired) electrons. The monoisotopic (exact) mass is 304 g/mol. The second-order valence-electron chi connectivity index (χ2n) is 5.96. The fraction of sp³-hybridized carbons (Fsp3) is 0.667. The average molecular weight is 304 g/mol. The van der Waals surface area contributed by atoms with Gasteiger partial charge in [0.1, 0.15) is 12.2 Å². The van der Waals surface area contributed by atoms with Gasteiger partial charge in [-0.05, 0) is 32.7 Å². The predicted octanol–water partition coefficient (Wildman–Crippen LogP) is 1.12. The molecule has 2 aromatic heterocycles. The Morgan fingerprint density at radius 3 is 3.00 bits per heavy atom. The maximum absolute atomic E-state index is 10.4. The van der Waals surface area contributed by atoms with Crippen LogP contribution in [0.25, 0.3) is 0 Å². The molecular formula is C15H24N6O. The van der Waals surface area contributed by atoms with Crippen molar-refractivity contribution in [3.8, 4) is 0 Å². The van der Waals surface area contributed by atoms with Gasteiger partial charge >= 0.3 is 0 Å². The SMILES string of the molecule is CCn1ncnc1CN1CCCC1CC(O)c1cnn(C)c1. The van der Waals surface area contributed by atoms with Crippen molar-refractivity contribution in [1.82, 2.24) is 29.4 Å². The van der Waals surface area contributed by atoms with Gasteiger partial charge in [0, 0.05) is 31.4 Å². The van der Waals surface area contributed by atoms with E-state index in [9.17, 15) is 5.11 Å². The second-order valence-corrected chi connectivity index (χ2v) is 5.96. The van der Waals surface area contributed by atoms with Crippen LogP contribution in [-0.4, -0.2) is 47.1 Å². The van der Waals surface area contributed by atoms with E-state index in [0.29, 0.717) is 6.04 Å². The molecule has 120 valence electrons. The number of hydrogen-bond acceptors (Lipinski definition) is 5. The van der Waals surface area contributed by atoms with Crippen molar-refractivity contribution < 1.29 is 5.11 Å². The van der Waals surface area contributed by atoms with Gasteiger partial charge in [-0.3, -0.25) is 9.58 Å². The van der Waals surface area contributed by atoms with Gasteiger partial charge in [0.15, 0.2) is 0 Å². The Morgan fingerprint density at radius 2 is 2.27 bits per heavy atom. The summed E-state index contributed by atoms with van der Waals surface area (Å²) in [4.78, 5) is 6.77. The van der Waals surface area contributed by atoms with Crippen molar-refractivity contribution in [2.45, 2.75) is 51.4 Å². The molecule has 0 aromatic carbocycles. The molecule has 7 heteroatoms. The van der Waals surface area contributed by atoms with Crippen LogP contribution in [0.5, 0.6) is 0 Å². The van der Waals surface area contributed by atoms with Gasteiger partial charge in [-0.1, -0.05) is 0 Å². The summed E-state index contributed by atoms with van der Waals surface area (Å²) in [5, 5.41) is 18.8. The molecule has 7 nitrogen and oxygen atoms in total. The smallest absolute Gasteiger partial charge is 0.141 e. The van der Waals surface area contributed by atoms with Gasteiger partial charge in [-0.2, -0.15) is 10.2 Å². The summed E-state index contributed by atoms with van der Waals surface area (Å²) in [5.41, 5.74) is 0.895. The van der Waals surface area contributed by atoms with Crippen molar-refractivity contribution in [1.29, 1.82) is 0 Å². The molecular weight excluding hydrogens is 280 g/mol. The first-order valence-electron chi connectivity index (χ1n) is 7.94. The van der Waals surface area contributed by atoms with E-state index in [1.165, 1.54) is 6.42 Å². The van der Waals surface area contributed by atoms with Crippen molar-refractivity contribution in [3.63, 3.8) is 0 Å². The van der Waals surface area contributed by atoms with Crippen LogP contribution < -0.4 is 0 Å². The molecule has 1 fully saturated rings. The van der Waals surface area contributed by atoms with Crippen LogP contribution >= 0.6 is 0 Å². The minimum absolute atomic E-state index is 0.386. The molecule has 0 spiro atoms. The molecule has 1 aliphatic rings. The highest BCUT2D eigenvalue weighted by Gasteiger charge is 2.28. The number of rotatable bonds is 6. The zero-order chi connectivity index (χ0) is 15.5. The molecule has 2 atom stereocenters. The first kappa shape index (κ1) is 15.2. The van der Waals surface area contributed by atoms with Crippen LogP contribution in [0.3, 0.4) is 0 Å². The molecule has 1 saturated heterocycles. The quantitative estimate of drug-likeness (QED) is 0.866. The molecule has 0 aliphatic carbocycles. The highest BCUT2D eigenvalue weighted by Crippen LogP contribution is 2.28. The fourth-order valence-electron chi connectivity index (χ4n) is 3.23. The lowest BCUT2D eigenvalue weighted by molar-refractivity contribution is 0.116. The zero-order valence-electron chi connectivity index (χ0n) is 13.3. The van der Waals surface area contributed by atoms with Gasteiger partial charge in [0.2, 0.25) is 0 Å². The molecule has 0 amide bonds. The van der Waals surface area contributed by atoms with E-state index in [4.69, 9.17) is 0 Å². The Hall–Kier alpha value is -1.73. The summed E-state index contributed by atoms with van der Waals surface area (Å²) in [6.07, 6.45) is 7.83. The molecule has 1 aliphatic heterocycles. The molecule has 1 N–H and O–H groups in total. The van der Waals surface area contributed by atoms with Crippen molar-refractivity contribution >= 4 is 0 Å². The Labute approximate surface area is 130 Å². The Morgan fingerprint density at radius 1 is 1.41 bits per heavy atom. The van der Waals surface area contributed by atoms with E-state index >= 15 is 0 Å². The van der Waals surface area contributed by atoms with Crippen LogP contribution in [0, 0.1) is 0 Å². The van der Waals surface area contributed by atoms with E-state index in [-0.39, 0.29) is 0 Å². The summed E-state index contributed by atoms with van der Waals surface area (Å²) in [6, 6.07) is 0.386. The minimum atomic E-state index is -0.455. The van der Waals surface area contributed by atoms with Crippen LogP contribution in [0.1, 0.15) is 43.7 Å². The number of aliphatic hydroxyl groups is 1. The van der Waals surface area contributed by atoms with Crippen LogP contribution in [0.2, 0.25) is 0 Å². The normalized spacial score (nSPS) is 20.6. The third kappa shape index (κ3) is 3.20. The zero-order valence-corrected chi connectivity index (χ0v) is 13.3. The first-order valence-corrected chi connectivity index (χ1v) is 7.94. The summed E-state index contributed by atoms with van der Waals surface area (Å²) < 4.78 is 3.67. The van der Waals surface area contributed by atoms with E-state index < -0.39 is 6.10 Å². The Balaban J connectivity index is 1.63. The average Bonchev–Trinajstić information content (AvgIpc) is 3.21. The number of nitrogens with zero attached hydrogens (tertiary/aromatic N) is 6. The highest BCUT2D eigenvalue weighted by atomic mass is 16.3. The van der Waals surface area contributed by atoms with Gasteiger partial charge < -0.3 is 5.11 Å². The summed E-state index contributed by atoms with van der Waals surface area (Å²) in [5.74, 6) is 1.00.